The molecule has 0 bridgehead atoms. The third kappa shape index (κ3) is 3.71. The van der Waals surface area contributed by atoms with E-state index >= 15 is 0 Å². The monoisotopic (exact) mass is 397 g/mol. The van der Waals surface area contributed by atoms with Crippen LogP contribution in [0.2, 0.25) is 0 Å². The molecule has 0 amide bonds. The molecule has 2 atom stereocenters. The maximum atomic E-state index is 5.96. The maximum absolute atomic E-state index is 5.96. The van der Waals surface area contributed by atoms with Gasteiger partial charge in [0.1, 0.15) is 17.3 Å². The molecule has 0 saturated carbocycles. The Hall–Kier alpha value is -3.11. The minimum Gasteiger partial charge on any atom is -0.457 e. The van der Waals surface area contributed by atoms with E-state index in [1.54, 1.807) is 0 Å². The van der Waals surface area contributed by atoms with E-state index in [0.29, 0.717) is 12.1 Å². The predicted molar refractivity (Wildman–Crippen MR) is 122 cm³/mol. The Balaban J connectivity index is 1.50. The van der Waals surface area contributed by atoms with Gasteiger partial charge in [-0.25, -0.2) is 4.98 Å². The number of nitrogens with one attached hydrogen (secondary N) is 1. The number of piperidine rings is 1. The fourth-order valence-electron chi connectivity index (χ4n) is 4.43. The van der Waals surface area contributed by atoms with E-state index < -0.39 is 0 Å². The molecule has 4 heteroatoms. The van der Waals surface area contributed by atoms with Crippen LogP contribution in [0.15, 0.2) is 78.9 Å². The quantitative estimate of drug-likeness (QED) is 0.436. The number of aromatic nitrogens is 2. The normalized spacial score (nSPS) is 17.7. The zero-order chi connectivity index (χ0) is 20.3. The molecule has 1 aliphatic heterocycles. The first-order valence-electron chi connectivity index (χ1n) is 10.8. The van der Waals surface area contributed by atoms with Crippen LogP contribution in [-0.2, 0) is 0 Å². The van der Waals surface area contributed by atoms with Crippen LogP contribution in [0.4, 0.5) is 0 Å². The summed E-state index contributed by atoms with van der Waals surface area (Å²) in [4.78, 5) is 5.01. The lowest BCUT2D eigenvalue weighted by atomic mass is 9.98. The number of para-hydroxylation sites is 3. The third-order valence-corrected chi connectivity index (χ3v) is 6.03. The van der Waals surface area contributed by atoms with Gasteiger partial charge in [0.25, 0.3) is 0 Å². The van der Waals surface area contributed by atoms with Gasteiger partial charge in [0.05, 0.1) is 11.0 Å². The maximum Gasteiger partial charge on any atom is 0.141 e. The molecule has 152 valence electrons. The Bertz CT molecular complexity index is 1110. The van der Waals surface area contributed by atoms with Crippen LogP contribution in [-0.4, -0.2) is 22.1 Å². The van der Waals surface area contributed by atoms with Crippen molar-refractivity contribution in [2.45, 2.75) is 38.3 Å². The molecule has 4 nitrogen and oxygen atoms in total. The van der Waals surface area contributed by atoms with E-state index in [1.807, 2.05) is 42.5 Å². The average Bonchev–Trinajstić information content (AvgIpc) is 3.20. The first-order valence-corrected chi connectivity index (χ1v) is 10.8. The third-order valence-electron chi connectivity index (χ3n) is 6.03. The Labute approximate surface area is 177 Å². The summed E-state index contributed by atoms with van der Waals surface area (Å²) < 4.78 is 8.37. The number of nitrogens with zero attached hydrogens (tertiary/aromatic N) is 2. The zero-order valence-electron chi connectivity index (χ0n) is 17.3. The van der Waals surface area contributed by atoms with Crippen LogP contribution in [0.3, 0.4) is 0 Å². The van der Waals surface area contributed by atoms with Crippen molar-refractivity contribution in [3.8, 4) is 22.9 Å². The van der Waals surface area contributed by atoms with Crippen LogP contribution in [0.25, 0.3) is 22.4 Å². The number of ether oxygens (including phenoxy) is 1. The molecule has 0 aliphatic carbocycles. The first kappa shape index (κ1) is 18.9. The zero-order valence-corrected chi connectivity index (χ0v) is 17.3. The van der Waals surface area contributed by atoms with Gasteiger partial charge in [0, 0.05) is 17.6 Å². The van der Waals surface area contributed by atoms with E-state index in [1.165, 1.54) is 24.8 Å². The Kier molecular flexibility index (Phi) is 5.24. The highest BCUT2D eigenvalue weighted by atomic mass is 16.5. The highest BCUT2D eigenvalue weighted by molar-refractivity contribution is 5.81. The number of fused-ring (bicyclic) bond motifs is 1. The van der Waals surface area contributed by atoms with Crippen molar-refractivity contribution in [1.29, 1.82) is 0 Å². The van der Waals surface area contributed by atoms with Gasteiger partial charge in [-0.1, -0.05) is 36.8 Å². The molecule has 4 aromatic rings. The molecule has 30 heavy (non-hydrogen) atoms. The second-order valence-corrected chi connectivity index (χ2v) is 8.03. The Morgan fingerprint density at radius 1 is 0.900 bits per heavy atom. The lowest BCUT2D eigenvalue weighted by Gasteiger charge is -2.31. The SMILES string of the molecule is CC(C1CCCCN1)n1c(-c2ccc(Oc3ccccc3)cc2)nc2ccccc21. The summed E-state index contributed by atoms with van der Waals surface area (Å²) in [5, 5.41) is 3.72. The molecule has 1 N–H and O–H groups in total. The summed E-state index contributed by atoms with van der Waals surface area (Å²) in [5.74, 6) is 2.69. The number of hydrogen-bond donors (Lipinski definition) is 1. The molecule has 1 aliphatic rings. The van der Waals surface area contributed by atoms with Gasteiger partial charge in [-0.3, -0.25) is 0 Å². The van der Waals surface area contributed by atoms with Crippen molar-refractivity contribution < 1.29 is 4.74 Å². The molecule has 0 spiro atoms. The fourth-order valence-corrected chi connectivity index (χ4v) is 4.43. The molecule has 3 aromatic carbocycles. The molecule has 2 heterocycles. The van der Waals surface area contributed by atoms with Gasteiger partial charge in [0.15, 0.2) is 0 Å². The second kappa shape index (κ2) is 8.33. The van der Waals surface area contributed by atoms with Gasteiger partial charge in [-0.05, 0) is 74.8 Å². The van der Waals surface area contributed by atoms with Gasteiger partial charge in [-0.15, -0.1) is 0 Å². The molecule has 1 saturated heterocycles. The van der Waals surface area contributed by atoms with Crippen molar-refractivity contribution in [3.05, 3.63) is 78.9 Å². The average molecular weight is 398 g/mol. The van der Waals surface area contributed by atoms with Crippen LogP contribution in [0, 0.1) is 0 Å². The van der Waals surface area contributed by atoms with E-state index in [-0.39, 0.29) is 0 Å². The molecular weight excluding hydrogens is 370 g/mol. The second-order valence-electron chi connectivity index (χ2n) is 8.03. The van der Waals surface area contributed by atoms with E-state index in [0.717, 1.165) is 34.9 Å². The molecular formula is C26H27N3O. The topological polar surface area (TPSA) is 39.1 Å². The molecule has 1 fully saturated rings. The number of benzene rings is 3. The number of imidazole rings is 1. The summed E-state index contributed by atoms with van der Waals surface area (Å²) in [6, 6.07) is 27.4. The van der Waals surface area contributed by atoms with E-state index in [9.17, 15) is 0 Å². The van der Waals surface area contributed by atoms with Crippen LogP contribution >= 0.6 is 0 Å². The lowest BCUT2D eigenvalue weighted by molar-refractivity contribution is 0.314. The predicted octanol–water partition coefficient (Wildman–Crippen LogP) is 6.20. The summed E-state index contributed by atoms with van der Waals surface area (Å²) in [6.45, 7) is 3.41. The van der Waals surface area contributed by atoms with Crippen molar-refractivity contribution in [2.75, 3.05) is 6.54 Å². The van der Waals surface area contributed by atoms with Crippen LogP contribution < -0.4 is 10.1 Å². The van der Waals surface area contributed by atoms with Gasteiger partial charge in [-0.2, -0.15) is 0 Å². The molecule has 1 aromatic heterocycles. The Morgan fingerprint density at radius 2 is 1.63 bits per heavy atom. The highest BCUT2D eigenvalue weighted by Gasteiger charge is 2.25. The summed E-state index contributed by atoms with van der Waals surface area (Å²) >= 11 is 0. The van der Waals surface area contributed by atoms with Gasteiger partial charge < -0.3 is 14.6 Å². The number of rotatable bonds is 5. The van der Waals surface area contributed by atoms with Crippen molar-refractivity contribution in [3.63, 3.8) is 0 Å². The smallest absolute Gasteiger partial charge is 0.141 e. The summed E-state index contributed by atoms with van der Waals surface area (Å²) in [7, 11) is 0. The molecule has 0 radical (unpaired) electrons. The summed E-state index contributed by atoms with van der Waals surface area (Å²) in [5.41, 5.74) is 3.34. The highest BCUT2D eigenvalue weighted by Crippen LogP contribution is 2.33. The summed E-state index contributed by atoms with van der Waals surface area (Å²) in [6.07, 6.45) is 3.76. The van der Waals surface area contributed by atoms with Crippen LogP contribution in [0.1, 0.15) is 32.2 Å². The van der Waals surface area contributed by atoms with Crippen molar-refractivity contribution in [1.82, 2.24) is 14.9 Å². The number of hydrogen-bond acceptors (Lipinski definition) is 3. The fraction of sp³-hybridized carbons (Fsp3) is 0.269. The lowest BCUT2D eigenvalue weighted by Crippen LogP contribution is -2.40. The largest absolute Gasteiger partial charge is 0.457 e. The van der Waals surface area contributed by atoms with E-state index in [2.05, 4.69) is 53.2 Å². The van der Waals surface area contributed by atoms with Crippen molar-refractivity contribution >= 4 is 11.0 Å². The standard InChI is InChI=1S/C26H27N3O/c1-19(23-11-7-8-18-27-23)29-25-13-6-5-12-24(25)28-26(29)20-14-16-22(17-15-20)30-21-9-3-2-4-10-21/h2-6,9-10,12-17,19,23,27H,7-8,11,18H2,1H3. The molecule has 2 unspecified atom stereocenters. The molecule has 5 rings (SSSR count). The van der Waals surface area contributed by atoms with Gasteiger partial charge in [0.2, 0.25) is 0 Å². The minimum absolute atomic E-state index is 0.327. The first-order chi connectivity index (χ1) is 14.8. The Morgan fingerprint density at radius 3 is 2.40 bits per heavy atom. The van der Waals surface area contributed by atoms with E-state index in [4.69, 9.17) is 9.72 Å². The van der Waals surface area contributed by atoms with Gasteiger partial charge >= 0.3 is 0 Å². The van der Waals surface area contributed by atoms with Crippen LogP contribution in [0.5, 0.6) is 11.5 Å². The van der Waals surface area contributed by atoms with Crippen molar-refractivity contribution in [2.24, 2.45) is 0 Å². The minimum atomic E-state index is 0.327.